The normalized spacial score (nSPS) is 18.5. The van der Waals surface area contributed by atoms with Crippen molar-refractivity contribution >= 4 is 10.8 Å². The summed E-state index contributed by atoms with van der Waals surface area (Å²) in [5.41, 5.74) is 1.29. The van der Waals surface area contributed by atoms with Crippen LogP contribution in [0.2, 0.25) is 0 Å². The maximum absolute atomic E-state index is 10.5. The van der Waals surface area contributed by atoms with E-state index in [0.717, 1.165) is 18.8 Å². The van der Waals surface area contributed by atoms with Gasteiger partial charge in [-0.3, -0.25) is 0 Å². The monoisotopic (exact) mass is 282 g/mol. The van der Waals surface area contributed by atoms with E-state index in [4.69, 9.17) is 0 Å². The van der Waals surface area contributed by atoms with E-state index in [9.17, 15) is 5.11 Å². The Hall–Kier alpha value is -1.34. The number of aliphatic hydroxyl groups is 1. The quantitative estimate of drug-likeness (QED) is 0.773. The van der Waals surface area contributed by atoms with Gasteiger partial charge in [-0.15, -0.1) is 0 Å². The molecule has 0 spiro atoms. The molecule has 0 radical (unpaired) electrons. The highest BCUT2D eigenvalue weighted by Gasteiger charge is 2.17. The van der Waals surface area contributed by atoms with Crippen molar-refractivity contribution in [2.24, 2.45) is 5.92 Å². The van der Waals surface area contributed by atoms with Gasteiger partial charge in [-0.2, -0.15) is 0 Å². The van der Waals surface area contributed by atoms with Gasteiger partial charge >= 0.3 is 0 Å². The van der Waals surface area contributed by atoms with E-state index in [1.54, 1.807) is 0 Å². The number of hydrogen-bond acceptors (Lipinski definition) is 1. The third-order valence-corrected chi connectivity index (χ3v) is 4.92. The van der Waals surface area contributed by atoms with Gasteiger partial charge < -0.3 is 5.11 Å². The van der Waals surface area contributed by atoms with Crippen LogP contribution in [-0.4, -0.2) is 11.2 Å². The van der Waals surface area contributed by atoms with Crippen LogP contribution >= 0.6 is 0 Å². The molecule has 1 saturated carbocycles. The molecule has 2 aromatic carbocycles. The van der Waals surface area contributed by atoms with E-state index in [1.165, 1.54) is 54.9 Å². The topological polar surface area (TPSA) is 20.2 Å². The van der Waals surface area contributed by atoms with E-state index in [1.807, 2.05) is 0 Å². The van der Waals surface area contributed by atoms with Crippen molar-refractivity contribution in [3.63, 3.8) is 0 Å². The van der Waals surface area contributed by atoms with Crippen molar-refractivity contribution < 1.29 is 5.11 Å². The zero-order chi connectivity index (χ0) is 14.5. The van der Waals surface area contributed by atoms with Gasteiger partial charge in [-0.1, -0.05) is 81.0 Å². The molecule has 0 saturated heterocycles. The Balaban J connectivity index is 1.67. The van der Waals surface area contributed by atoms with Crippen molar-refractivity contribution in [2.75, 3.05) is 0 Å². The Kier molecular flexibility index (Phi) is 4.92. The molecule has 1 atom stereocenters. The van der Waals surface area contributed by atoms with E-state index >= 15 is 0 Å². The Labute approximate surface area is 128 Å². The van der Waals surface area contributed by atoms with Crippen LogP contribution in [0.1, 0.15) is 50.5 Å². The highest BCUT2D eigenvalue weighted by atomic mass is 16.3. The van der Waals surface area contributed by atoms with Gasteiger partial charge in [0.25, 0.3) is 0 Å². The van der Waals surface area contributed by atoms with E-state index in [2.05, 4.69) is 42.5 Å². The van der Waals surface area contributed by atoms with E-state index < -0.39 is 0 Å². The first kappa shape index (κ1) is 14.6. The first-order valence-corrected chi connectivity index (χ1v) is 8.47. The van der Waals surface area contributed by atoms with Crippen molar-refractivity contribution in [1.29, 1.82) is 0 Å². The van der Waals surface area contributed by atoms with Crippen molar-refractivity contribution in [3.05, 3.63) is 48.0 Å². The highest BCUT2D eigenvalue weighted by Crippen LogP contribution is 2.28. The third-order valence-electron chi connectivity index (χ3n) is 4.92. The van der Waals surface area contributed by atoms with Crippen LogP contribution in [0.15, 0.2) is 42.5 Å². The molecular formula is C20H26O. The lowest BCUT2D eigenvalue weighted by Gasteiger charge is -2.19. The second-order valence-electron chi connectivity index (χ2n) is 6.59. The first-order chi connectivity index (χ1) is 10.3. The maximum Gasteiger partial charge on any atom is 0.0583 e. The summed E-state index contributed by atoms with van der Waals surface area (Å²) < 4.78 is 0. The summed E-state index contributed by atoms with van der Waals surface area (Å²) in [6.07, 6.45) is 9.67. The summed E-state index contributed by atoms with van der Waals surface area (Å²) in [4.78, 5) is 0. The van der Waals surface area contributed by atoms with Crippen molar-refractivity contribution in [1.82, 2.24) is 0 Å². The average Bonchev–Trinajstić information content (AvgIpc) is 2.76. The van der Waals surface area contributed by atoms with E-state index in [0.29, 0.717) is 0 Å². The molecule has 1 unspecified atom stereocenters. The molecule has 112 valence electrons. The molecule has 0 bridgehead atoms. The summed E-state index contributed by atoms with van der Waals surface area (Å²) >= 11 is 0. The molecule has 0 heterocycles. The maximum atomic E-state index is 10.5. The van der Waals surface area contributed by atoms with Crippen molar-refractivity contribution in [3.8, 4) is 0 Å². The first-order valence-electron chi connectivity index (χ1n) is 8.47. The molecule has 0 amide bonds. The zero-order valence-corrected chi connectivity index (χ0v) is 12.8. The van der Waals surface area contributed by atoms with Crippen LogP contribution in [0.3, 0.4) is 0 Å². The summed E-state index contributed by atoms with van der Waals surface area (Å²) in [6, 6.07) is 14.9. The number of fused-ring (bicyclic) bond motifs is 1. The second-order valence-corrected chi connectivity index (χ2v) is 6.59. The Morgan fingerprint density at radius 2 is 1.62 bits per heavy atom. The number of rotatable bonds is 4. The molecule has 1 fully saturated rings. The van der Waals surface area contributed by atoms with Gasteiger partial charge in [0.15, 0.2) is 0 Å². The SMILES string of the molecule is OC(Cc1cccc2ccccc12)CC1CCCCCC1. The summed E-state index contributed by atoms with van der Waals surface area (Å²) in [5, 5.41) is 13.1. The van der Waals surface area contributed by atoms with Crippen LogP contribution < -0.4 is 0 Å². The van der Waals surface area contributed by atoms with Gasteiger partial charge in [-0.25, -0.2) is 0 Å². The fourth-order valence-corrected chi connectivity index (χ4v) is 3.79. The Bertz CT molecular complexity index is 562. The van der Waals surface area contributed by atoms with Crippen LogP contribution in [0.25, 0.3) is 10.8 Å². The van der Waals surface area contributed by atoms with Crippen LogP contribution in [0, 0.1) is 5.92 Å². The standard InChI is InChI=1S/C20H26O/c21-19(14-16-8-3-1-2-4-9-16)15-18-12-7-11-17-10-5-6-13-20(17)18/h5-7,10-13,16,19,21H,1-4,8-9,14-15H2. The minimum atomic E-state index is -0.195. The molecule has 0 aromatic heterocycles. The zero-order valence-electron chi connectivity index (χ0n) is 12.8. The van der Waals surface area contributed by atoms with Gasteiger partial charge in [0, 0.05) is 0 Å². The average molecular weight is 282 g/mol. The number of hydrogen-bond donors (Lipinski definition) is 1. The van der Waals surface area contributed by atoms with E-state index in [-0.39, 0.29) is 6.10 Å². The largest absolute Gasteiger partial charge is 0.393 e. The minimum absolute atomic E-state index is 0.195. The molecule has 2 aromatic rings. The number of benzene rings is 2. The van der Waals surface area contributed by atoms with Crippen LogP contribution in [-0.2, 0) is 6.42 Å². The predicted octanol–water partition coefficient (Wildman–Crippen LogP) is 5.10. The molecule has 1 nitrogen and oxygen atoms in total. The molecule has 21 heavy (non-hydrogen) atoms. The third kappa shape index (κ3) is 3.85. The lowest BCUT2D eigenvalue weighted by Crippen LogP contribution is -2.16. The van der Waals surface area contributed by atoms with Gasteiger partial charge in [-0.05, 0) is 35.1 Å². The molecule has 1 N–H and O–H groups in total. The summed E-state index contributed by atoms with van der Waals surface area (Å²) in [7, 11) is 0. The second kappa shape index (κ2) is 7.09. The summed E-state index contributed by atoms with van der Waals surface area (Å²) in [6.45, 7) is 0. The van der Waals surface area contributed by atoms with Crippen LogP contribution in [0.4, 0.5) is 0 Å². The van der Waals surface area contributed by atoms with Gasteiger partial charge in [0.2, 0.25) is 0 Å². The molecule has 0 aliphatic heterocycles. The Morgan fingerprint density at radius 3 is 2.43 bits per heavy atom. The van der Waals surface area contributed by atoms with Crippen molar-refractivity contribution in [2.45, 2.75) is 57.5 Å². The smallest absolute Gasteiger partial charge is 0.0583 e. The predicted molar refractivity (Wildman–Crippen MR) is 89.5 cm³/mol. The lowest BCUT2D eigenvalue weighted by molar-refractivity contribution is 0.138. The summed E-state index contributed by atoms with van der Waals surface area (Å²) in [5.74, 6) is 0.734. The highest BCUT2D eigenvalue weighted by molar-refractivity contribution is 5.85. The molecule has 1 aliphatic rings. The fourth-order valence-electron chi connectivity index (χ4n) is 3.79. The Morgan fingerprint density at radius 1 is 0.905 bits per heavy atom. The molecule has 1 aliphatic carbocycles. The fraction of sp³-hybridized carbons (Fsp3) is 0.500. The lowest BCUT2D eigenvalue weighted by atomic mass is 9.90. The van der Waals surface area contributed by atoms with Crippen LogP contribution in [0.5, 0.6) is 0 Å². The number of aliphatic hydroxyl groups excluding tert-OH is 1. The molecule has 3 rings (SSSR count). The molecular weight excluding hydrogens is 256 g/mol. The molecule has 1 heteroatoms. The van der Waals surface area contributed by atoms with Gasteiger partial charge in [0.05, 0.1) is 6.10 Å². The minimum Gasteiger partial charge on any atom is -0.393 e. The van der Waals surface area contributed by atoms with Gasteiger partial charge in [0.1, 0.15) is 0 Å².